The van der Waals surface area contributed by atoms with Crippen molar-refractivity contribution in [3.63, 3.8) is 0 Å². The predicted octanol–water partition coefficient (Wildman–Crippen LogP) is 4.74. The van der Waals surface area contributed by atoms with Crippen LogP contribution < -0.4 is 4.90 Å². The van der Waals surface area contributed by atoms with Crippen molar-refractivity contribution in [2.24, 2.45) is 0 Å². The fraction of sp³-hybridized carbons (Fsp3) is 0.192. The average molecular weight is 474 g/mol. The lowest BCUT2D eigenvalue weighted by atomic mass is 9.98. The molecule has 1 N–H and O–H groups in total. The van der Waals surface area contributed by atoms with Crippen molar-refractivity contribution in [2.45, 2.75) is 19.1 Å². The van der Waals surface area contributed by atoms with Gasteiger partial charge in [0.05, 0.1) is 31.7 Å². The molecule has 2 atom stereocenters. The molecule has 5 rings (SSSR count). The van der Waals surface area contributed by atoms with E-state index in [1.807, 2.05) is 31.2 Å². The molecule has 1 aromatic carbocycles. The number of nitrogens with zero attached hydrogens (tertiary/aromatic N) is 2. The lowest BCUT2D eigenvalue weighted by molar-refractivity contribution is 0.0529. The summed E-state index contributed by atoms with van der Waals surface area (Å²) in [6.07, 6.45) is 3.30. The van der Waals surface area contributed by atoms with E-state index in [0.717, 1.165) is 5.56 Å². The van der Waals surface area contributed by atoms with Gasteiger partial charge in [0.25, 0.3) is 0 Å². The number of hydrogen-bond acceptors (Lipinski definition) is 9. The third kappa shape index (κ3) is 3.57. The molecule has 0 bridgehead atoms. The minimum absolute atomic E-state index is 0.128. The van der Waals surface area contributed by atoms with Crippen molar-refractivity contribution >= 4 is 23.3 Å². The summed E-state index contributed by atoms with van der Waals surface area (Å²) in [5.41, 5.74) is 3.09. The van der Waals surface area contributed by atoms with Crippen LogP contribution in [0.3, 0.4) is 0 Å². The first-order chi connectivity index (χ1) is 17.0. The van der Waals surface area contributed by atoms with Crippen LogP contribution in [0.4, 0.5) is 11.4 Å². The van der Waals surface area contributed by atoms with Crippen molar-refractivity contribution in [2.75, 3.05) is 19.1 Å². The van der Waals surface area contributed by atoms with Crippen molar-refractivity contribution < 1.29 is 33.0 Å². The Bertz CT molecular complexity index is 1390. The van der Waals surface area contributed by atoms with Gasteiger partial charge in [-0.25, -0.2) is 9.59 Å². The Kier molecular flexibility index (Phi) is 5.62. The lowest BCUT2D eigenvalue weighted by Gasteiger charge is -2.34. The topological polar surface area (TPSA) is 115 Å². The number of pyridine rings is 1. The van der Waals surface area contributed by atoms with Gasteiger partial charge in [0, 0.05) is 17.4 Å². The molecule has 4 heterocycles. The van der Waals surface area contributed by atoms with Gasteiger partial charge in [0.2, 0.25) is 5.76 Å². The Morgan fingerprint density at radius 1 is 1.03 bits per heavy atom. The largest absolute Gasteiger partial charge is 0.471 e. The summed E-state index contributed by atoms with van der Waals surface area (Å²) < 4.78 is 21.3. The van der Waals surface area contributed by atoms with E-state index in [2.05, 4.69) is 4.98 Å². The summed E-state index contributed by atoms with van der Waals surface area (Å²) in [7, 11) is 2.41. The number of anilines is 2. The van der Waals surface area contributed by atoms with Crippen molar-refractivity contribution in [3.05, 3.63) is 89.3 Å². The van der Waals surface area contributed by atoms with Crippen molar-refractivity contribution in [3.8, 4) is 11.3 Å². The van der Waals surface area contributed by atoms with Crippen LogP contribution in [0, 0.1) is 6.92 Å². The summed E-state index contributed by atoms with van der Waals surface area (Å²) in [5.74, 6) is -1.80. The van der Waals surface area contributed by atoms with Crippen LogP contribution in [0.5, 0.6) is 0 Å². The van der Waals surface area contributed by atoms with E-state index in [4.69, 9.17) is 18.3 Å². The monoisotopic (exact) mass is 474 g/mol. The number of carbonyl (C=O) groups is 2. The van der Waals surface area contributed by atoms with E-state index in [0.29, 0.717) is 22.5 Å². The van der Waals surface area contributed by atoms with Gasteiger partial charge in [0.1, 0.15) is 29.7 Å². The van der Waals surface area contributed by atoms with E-state index < -0.39 is 24.1 Å². The lowest BCUT2D eigenvalue weighted by Crippen LogP contribution is -2.30. The molecule has 0 saturated heterocycles. The SMILES string of the molecule is COC(=O)c1oc2c(c1C(=O)OC)N(c1ccc(C)cc1)[C@@H](c1ccccn1)[C@@H](O)c1cocc1-2. The second kappa shape index (κ2) is 8.77. The second-order valence-corrected chi connectivity index (χ2v) is 8.06. The normalized spacial score (nSPS) is 16.7. The first-order valence-electron chi connectivity index (χ1n) is 10.8. The van der Waals surface area contributed by atoms with E-state index in [1.165, 1.54) is 26.7 Å². The van der Waals surface area contributed by atoms with Gasteiger partial charge >= 0.3 is 11.9 Å². The third-order valence-electron chi connectivity index (χ3n) is 6.02. The molecule has 35 heavy (non-hydrogen) atoms. The highest BCUT2D eigenvalue weighted by Crippen LogP contribution is 2.54. The second-order valence-electron chi connectivity index (χ2n) is 8.06. The first kappa shape index (κ1) is 22.4. The van der Waals surface area contributed by atoms with E-state index in [9.17, 15) is 14.7 Å². The summed E-state index contributed by atoms with van der Waals surface area (Å²) in [5, 5.41) is 11.6. The van der Waals surface area contributed by atoms with Crippen LogP contribution in [0.2, 0.25) is 0 Å². The third-order valence-corrected chi connectivity index (χ3v) is 6.02. The minimum atomic E-state index is -1.13. The Hall–Kier alpha value is -4.37. The first-order valence-corrected chi connectivity index (χ1v) is 10.8. The number of ether oxygens (including phenoxy) is 2. The Labute approximate surface area is 200 Å². The molecule has 0 radical (unpaired) electrons. The van der Waals surface area contributed by atoms with E-state index in [-0.39, 0.29) is 22.8 Å². The maximum Gasteiger partial charge on any atom is 0.374 e. The van der Waals surface area contributed by atoms with Crippen molar-refractivity contribution in [1.82, 2.24) is 4.98 Å². The molecule has 178 valence electrons. The highest BCUT2D eigenvalue weighted by Gasteiger charge is 2.45. The minimum Gasteiger partial charge on any atom is -0.471 e. The van der Waals surface area contributed by atoms with E-state index >= 15 is 0 Å². The van der Waals surface area contributed by atoms with Crippen LogP contribution in [-0.2, 0) is 9.47 Å². The number of aliphatic hydroxyl groups is 1. The molecule has 4 aromatic rings. The standard InChI is InChI=1S/C26H22N2O7/c1-14-7-9-15(10-8-14)28-20(18-6-4-5-11-27-18)22(29)16-12-34-13-17(16)23-21(28)19(25(30)32-2)24(35-23)26(31)33-3/h4-13,20,22,29H,1-3H3/t20-,22-/m0/s1. The van der Waals surface area contributed by atoms with Gasteiger partial charge in [-0.05, 0) is 31.2 Å². The molecule has 0 unspecified atom stereocenters. The van der Waals surface area contributed by atoms with Crippen LogP contribution in [0.25, 0.3) is 11.3 Å². The molecule has 0 saturated carbocycles. The predicted molar refractivity (Wildman–Crippen MR) is 124 cm³/mol. The molecule has 3 aromatic heterocycles. The maximum absolute atomic E-state index is 13.1. The number of aryl methyl sites for hydroxylation is 1. The van der Waals surface area contributed by atoms with Gasteiger partial charge in [0.15, 0.2) is 5.76 Å². The maximum atomic E-state index is 13.1. The number of rotatable bonds is 4. The molecule has 0 aliphatic carbocycles. The molecule has 9 nitrogen and oxygen atoms in total. The van der Waals surface area contributed by atoms with Gasteiger partial charge in [-0.1, -0.05) is 23.8 Å². The van der Waals surface area contributed by atoms with Gasteiger partial charge in [-0.3, -0.25) is 4.98 Å². The molecule has 0 amide bonds. The molecule has 1 aliphatic heterocycles. The summed E-state index contributed by atoms with van der Waals surface area (Å²) >= 11 is 0. The molecule has 0 spiro atoms. The molecule has 1 aliphatic rings. The number of benzene rings is 1. The number of furan rings is 2. The zero-order valence-electron chi connectivity index (χ0n) is 19.2. The highest BCUT2D eigenvalue weighted by molar-refractivity contribution is 6.09. The van der Waals surface area contributed by atoms with Crippen LogP contribution in [-0.4, -0.2) is 36.2 Å². The number of carbonyl (C=O) groups excluding carboxylic acids is 2. The Balaban J connectivity index is 1.91. The summed E-state index contributed by atoms with van der Waals surface area (Å²) in [4.78, 5) is 32.0. The van der Waals surface area contributed by atoms with Crippen molar-refractivity contribution in [1.29, 1.82) is 0 Å². The molecular formula is C26H22N2O7. The van der Waals surface area contributed by atoms with Gasteiger partial charge < -0.3 is 28.3 Å². The fourth-order valence-corrected chi connectivity index (χ4v) is 4.37. The molecule has 9 heteroatoms. The number of fused-ring (bicyclic) bond motifs is 3. The number of aliphatic hydroxyl groups excluding tert-OH is 1. The summed E-state index contributed by atoms with van der Waals surface area (Å²) in [6, 6.07) is 12.1. The number of methoxy groups -OCH3 is 2. The Morgan fingerprint density at radius 3 is 2.43 bits per heavy atom. The number of aromatic nitrogens is 1. The Morgan fingerprint density at radius 2 is 1.77 bits per heavy atom. The van der Waals surface area contributed by atoms with E-state index in [1.54, 1.807) is 29.3 Å². The molecular weight excluding hydrogens is 452 g/mol. The fourth-order valence-electron chi connectivity index (χ4n) is 4.37. The summed E-state index contributed by atoms with van der Waals surface area (Å²) in [6.45, 7) is 1.95. The van der Waals surface area contributed by atoms with Gasteiger partial charge in [-0.15, -0.1) is 0 Å². The zero-order valence-corrected chi connectivity index (χ0v) is 19.2. The van der Waals surface area contributed by atoms with Crippen LogP contribution in [0.15, 0.2) is 70.0 Å². The zero-order chi connectivity index (χ0) is 24.7. The van der Waals surface area contributed by atoms with Crippen LogP contribution in [0.1, 0.15) is 49.9 Å². The number of esters is 2. The van der Waals surface area contributed by atoms with Crippen LogP contribution >= 0.6 is 0 Å². The number of hydrogen-bond donors (Lipinski definition) is 1. The molecule has 0 fully saturated rings. The quantitative estimate of drug-likeness (QED) is 0.419. The highest BCUT2D eigenvalue weighted by atomic mass is 16.5. The average Bonchev–Trinajstić information content (AvgIpc) is 3.50. The smallest absolute Gasteiger partial charge is 0.374 e. The van der Waals surface area contributed by atoms with Gasteiger partial charge in [-0.2, -0.15) is 0 Å².